The summed E-state index contributed by atoms with van der Waals surface area (Å²) in [6.45, 7) is 1.87. The number of hydrogen-bond acceptors (Lipinski definition) is 5. The van der Waals surface area contributed by atoms with Gasteiger partial charge in [0, 0.05) is 34.8 Å². The van der Waals surface area contributed by atoms with E-state index in [2.05, 4.69) is 5.32 Å². The molecule has 11 heteroatoms. The normalized spacial score (nSPS) is 17.3. The summed E-state index contributed by atoms with van der Waals surface area (Å²) in [4.78, 5) is 23.4. The van der Waals surface area contributed by atoms with Crippen LogP contribution in [0.25, 0.3) is 0 Å². The third-order valence-electron chi connectivity index (χ3n) is 5.30. The molecule has 0 aromatic heterocycles. The Labute approximate surface area is 190 Å². The minimum absolute atomic E-state index is 0.0181. The van der Waals surface area contributed by atoms with Crippen molar-refractivity contribution >= 4 is 50.5 Å². The summed E-state index contributed by atoms with van der Waals surface area (Å²) >= 11 is 12.2. The number of sulfonamides is 1. The zero-order valence-corrected chi connectivity index (χ0v) is 19.0. The number of anilines is 1. The zero-order valence-electron chi connectivity index (χ0n) is 16.7. The van der Waals surface area contributed by atoms with E-state index >= 15 is 0 Å². The monoisotopic (exact) mass is 485 g/mol. The molecule has 0 radical (unpaired) electrons. The van der Waals surface area contributed by atoms with E-state index in [1.165, 1.54) is 16.4 Å². The second-order valence-electron chi connectivity index (χ2n) is 7.35. The summed E-state index contributed by atoms with van der Waals surface area (Å²) in [7, 11) is -3.75. The van der Waals surface area contributed by atoms with Crippen molar-refractivity contribution in [2.45, 2.75) is 25.5 Å². The van der Waals surface area contributed by atoms with Crippen LogP contribution in [-0.4, -0.2) is 36.6 Å². The van der Waals surface area contributed by atoms with Crippen molar-refractivity contribution < 1.29 is 18.1 Å². The van der Waals surface area contributed by atoms with Crippen molar-refractivity contribution in [1.29, 1.82) is 0 Å². The number of nitrogens with one attached hydrogen (secondary N) is 1. The van der Waals surface area contributed by atoms with Gasteiger partial charge in [0.2, 0.25) is 15.9 Å². The second kappa shape index (κ2) is 9.52. The molecule has 0 aliphatic carbocycles. The maximum absolute atomic E-state index is 13.0. The Kier molecular flexibility index (Phi) is 7.20. The van der Waals surface area contributed by atoms with E-state index in [0.29, 0.717) is 36.2 Å². The topological polar surface area (TPSA) is 110 Å². The largest absolute Gasteiger partial charge is 0.325 e. The van der Waals surface area contributed by atoms with Gasteiger partial charge < -0.3 is 5.32 Å². The molecule has 1 aliphatic heterocycles. The maximum Gasteiger partial charge on any atom is 0.274 e. The van der Waals surface area contributed by atoms with Gasteiger partial charge in [-0.2, -0.15) is 0 Å². The lowest BCUT2D eigenvalue weighted by atomic mass is 9.98. The Hall–Kier alpha value is -2.20. The highest BCUT2D eigenvalue weighted by molar-refractivity contribution is 7.88. The van der Waals surface area contributed by atoms with Gasteiger partial charge in [0.05, 0.1) is 27.8 Å². The summed E-state index contributed by atoms with van der Waals surface area (Å²) in [6, 6.07) is 9.22. The Balaban J connectivity index is 1.73. The van der Waals surface area contributed by atoms with E-state index in [9.17, 15) is 23.3 Å². The van der Waals surface area contributed by atoms with Crippen molar-refractivity contribution in [2.24, 2.45) is 5.92 Å². The molecule has 0 saturated carbocycles. The SMILES string of the molecule is Cc1c(NC(=O)[C@@H]2CCCN(S(=O)(=O)Cc3c(Cl)cccc3Cl)C2)cccc1[N+](=O)[O-]. The maximum atomic E-state index is 13.0. The summed E-state index contributed by atoms with van der Waals surface area (Å²) in [6.07, 6.45) is 1.03. The van der Waals surface area contributed by atoms with Gasteiger partial charge >= 0.3 is 0 Å². The van der Waals surface area contributed by atoms with Crippen molar-refractivity contribution in [2.75, 3.05) is 18.4 Å². The van der Waals surface area contributed by atoms with Crippen LogP contribution in [0.3, 0.4) is 0 Å². The van der Waals surface area contributed by atoms with Crippen LogP contribution < -0.4 is 5.32 Å². The quantitative estimate of drug-likeness (QED) is 0.481. The molecular formula is C20H21Cl2N3O5S. The van der Waals surface area contributed by atoms with Crippen LogP contribution >= 0.6 is 23.2 Å². The third kappa shape index (κ3) is 5.35. The minimum atomic E-state index is -3.75. The lowest BCUT2D eigenvalue weighted by Crippen LogP contribution is -2.44. The molecule has 1 amide bonds. The van der Waals surface area contributed by atoms with Gasteiger partial charge in [0.1, 0.15) is 0 Å². The minimum Gasteiger partial charge on any atom is -0.325 e. The predicted molar refractivity (Wildman–Crippen MR) is 120 cm³/mol. The summed E-state index contributed by atoms with van der Waals surface area (Å²) in [5.74, 6) is -1.31. The van der Waals surface area contributed by atoms with Gasteiger partial charge in [-0.1, -0.05) is 35.3 Å². The number of carbonyl (C=O) groups is 1. The van der Waals surface area contributed by atoms with Crippen molar-refractivity contribution in [3.05, 3.63) is 67.7 Å². The number of carbonyl (C=O) groups excluding carboxylic acids is 1. The van der Waals surface area contributed by atoms with Crippen molar-refractivity contribution in [3.63, 3.8) is 0 Å². The number of nitro benzene ring substituents is 1. The van der Waals surface area contributed by atoms with Crippen LogP contribution in [0, 0.1) is 23.0 Å². The number of hydrogen-bond donors (Lipinski definition) is 1. The van der Waals surface area contributed by atoms with Crippen LogP contribution in [0.15, 0.2) is 36.4 Å². The average molecular weight is 486 g/mol. The number of nitro groups is 1. The fourth-order valence-corrected chi connectivity index (χ4v) is 5.91. The molecule has 0 spiro atoms. The Bertz CT molecular complexity index is 1100. The number of nitrogens with zero attached hydrogens (tertiary/aromatic N) is 2. The molecule has 1 heterocycles. The molecule has 166 valence electrons. The molecule has 3 rings (SSSR count). The third-order valence-corrected chi connectivity index (χ3v) is 7.78. The number of amides is 1. The Morgan fingerprint density at radius 1 is 1.23 bits per heavy atom. The van der Waals surface area contributed by atoms with E-state index in [0.717, 1.165) is 0 Å². The molecule has 1 atom stereocenters. The zero-order chi connectivity index (χ0) is 22.8. The molecule has 31 heavy (non-hydrogen) atoms. The molecule has 1 saturated heterocycles. The number of halogens is 2. The van der Waals surface area contributed by atoms with E-state index in [4.69, 9.17) is 23.2 Å². The lowest BCUT2D eigenvalue weighted by Gasteiger charge is -2.31. The van der Waals surface area contributed by atoms with Crippen LogP contribution in [0.5, 0.6) is 0 Å². The van der Waals surface area contributed by atoms with Crippen LogP contribution in [0.2, 0.25) is 10.0 Å². The van der Waals surface area contributed by atoms with Crippen LogP contribution in [0.1, 0.15) is 24.0 Å². The fraction of sp³-hybridized carbons (Fsp3) is 0.350. The number of rotatable bonds is 6. The van der Waals surface area contributed by atoms with Crippen LogP contribution in [-0.2, 0) is 20.6 Å². The lowest BCUT2D eigenvalue weighted by molar-refractivity contribution is -0.385. The molecule has 0 bridgehead atoms. The van der Waals surface area contributed by atoms with E-state index in [-0.39, 0.29) is 33.9 Å². The predicted octanol–water partition coefficient (Wildman–Crippen LogP) is 4.39. The Morgan fingerprint density at radius 3 is 2.52 bits per heavy atom. The summed E-state index contributed by atoms with van der Waals surface area (Å²) < 4.78 is 27.2. The van der Waals surface area contributed by atoms with Crippen LogP contribution in [0.4, 0.5) is 11.4 Å². The van der Waals surface area contributed by atoms with Crippen molar-refractivity contribution in [3.8, 4) is 0 Å². The molecule has 1 fully saturated rings. The highest BCUT2D eigenvalue weighted by Crippen LogP contribution is 2.30. The van der Waals surface area contributed by atoms with Gasteiger partial charge in [0.15, 0.2) is 0 Å². The second-order valence-corrected chi connectivity index (χ2v) is 10.1. The number of piperidine rings is 1. The van der Waals surface area contributed by atoms with Gasteiger partial charge in [-0.3, -0.25) is 14.9 Å². The Morgan fingerprint density at radius 2 is 1.87 bits per heavy atom. The average Bonchev–Trinajstić information content (AvgIpc) is 2.72. The highest BCUT2D eigenvalue weighted by Gasteiger charge is 2.33. The first kappa shape index (κ1) is 23.5. The number of benzene rings is 2. The summed E-state index contributed by atoms with van der Waals surface area (Å²) in [5.41, 5.74) is 0.906. The van der Waals surface area contributed by atoms with Gasteiger partial charge in [-0.25, -0.2) is 12.7 Å². The summed E-state index contributed by atoms with van der Waals surface area (Å²) in [5, 5.41) is 14.4. The van der Waals surface area contributed by atoms with Gasteiger partial charge in [0.25, 0.3) is 5.69 Å². The molecule has 1 N–H and O–H groups in total. The van der Waals surface area contributed by atoms with E-state index < -0.39 is 20.9 Å². The molecule has 1 aliphatic rings. The fourth-order valence-electron chi connectivity index (χ4n) is 3.54. The molecule has 2 aromatic carbocycles. The van der Waals surface area contributed by atoms with Gasteiger partial charge in [-0.15, -0.1) is 0 Å². The first-order chi connectivity index (χ1) is 14.6. The molecular weight excluding hydrogens is 465 g/mol. The molecule has 2 aromatic rings. The standard InChI is InChI=1S/C20H21Cl2N3O5S/c1-13-18(8-3-9-19(13)25(27)28)23-20(26)14-5-4-10-24(11-14)31(29,30)12-15-16(21)6-2-7-17(15)22/h2-3,6-9,14H,4-5,10-12H2,1H3,(H,23,26)/t14-/m1/s1. The van der Waals surface area contributed by atoms with E-state index in [1.54, 1.807) is 31.2 Å². The first-order valence-electron chi connectivity index (χ1n) is 9.55. The molecule has 0 unspecified atom stereocenters. The van der Waals surface area contributed by atoms with Gasteiger partial charge in [-0.05, 0) is 38.0 Å². The highest BCUT2D eigenvalue weighted by atomic mass is 35.5. The van der Waals surface area contributed by atoms with E-state index in [1.807, 2.05) is 0 Å². The molecule has 8 nitrogen and oxygen atoms in total. The first-order valence-corrected chi connectivity index (χ1v) is 11.9. The smallest absolute Gasteiger partial charge is 0.274 e. The van der Waals surface area contributed by atoms with Crippen molar-refractivity contribution in [1.82, 2.24) is 4.31 Å².